The van der Waals surface area contributed by atoms with E-state index in [1.807, 2.05) is 20.6 Å². The molecule has 0 spiro atoms. The van der Waals surface area contributed by atoms with Crippen molar-refractivity contribution in [1.82, 2.24) is 0 Å². The molecule has 1 rings (SSSR count). The molecule has 0 aromatic heterocycles. The molecular formula is C21H28F2O3S. The SMILES string of the molecule is C#CC.C=C/C=C(/Sc1cc(C)c(O)c(OC)c1)C(=C)C(F)F.C=O.CC. The van der Waals surface area contributed by atoms with E-state index in [0.29, 0.717) is 21.1 Å². The number of aryl methyl sites for hydroxylation is 1. The van der Waals surface area contributed by atoms with Crippen LogP contribution in [0.25, 0.3) is 0 Å². The molecule has 0 atom stereocenters. The van der Waals surface area contributed by atoms with Gasteiger partial charge in [-0.1, -0.05) is 44.8 Å². The van der Waals surface area contributed by atoms with Gasteiger partial charge in [-0.05, 0) is 37.6 Å². The molecule has 150 valence electrons. The number of phenolic OH excluding ortho intramolecular Hbond substituents is 1. The monoisotopic (exact) mass is 398 g/mol. The Morgan fingerprint density at radius 2 is 1.85 bits per heavy atom. The summed E-state index contributed by atoms with van der Waals surface area (Å²) in [7, 11) is 1.43. The lowest BCUT2D eigenvalue weighted by molar-refractivity contribution is -0.0980. The summed E-state index contributed by atoms with van der Waals surface area (Å²) >= 11 is 1.12. The molecule has 27 heavy (non-hydrogen) atoms. The zero-order valence-electron chi connectivity index (χ0n) is 16.5. The summed E-state index contributed by atoms with van der Waals surface area (Å²) in [4.78, 5) is 8.99. The van der Waals surface area contributed by atoms with Crippen LogP contribution in [0, 0.1) is 19.3 Å². The summed E-state index contributed by atoms with van der Waals surface area (Å²) in [6.45, 7) is 16.3. The second-order valence-electron chi connectivity index (χ2n) is 4.27. The van der Waals surface area contributed by atoms with Gasteiger partial charge in [-0.15, -0.1) is 12.3 Å². The molecule has 6 heteroatoms. The Balaban J connectivity index is -0.000000725. The van der Waals surface area contributed by atoms with E-state index in [1.54, 1.807) is 26.0 Å². The van der Waals surface area contributed by atoms with Gasteiger partial charge in [0.2, 0.25) is 0 Å². The molecule has 1 N–H and O–H groups in total. The van der Waals surface area contributed by atoms with Crippen LogP contribution < -0.4 is 4.74 Å². The number of rotatable bonds is 6. The maximum atomic E-state index is 12.7. The number of hydrogen-bond donors (Lipinski definition) is 1. The molecule has 0 aliphatic rings. The molecule has 1 aromatic carbocycles. The molecule has 0 saturated heterocycles. The van der Waals surface area contributed by atoms with Crippen molar-refractivity contribution < 1.29 is 23.4 Å². The number of thioether (sulfide) groups is 1. The van der Waals surface area contributed by atoms with Crippen molar-refractivity contribution in [2.75, 3.05) is 7.11 Å². The lowest BCUT2D eigenvalue weighted by Gasteiger charge is -2.12. The second-order valence-corrected chi connectivity index (χ2v) is 5.39. The maximum absolute atomic E-state index is 12.7. The topological polar surface area (TPSA) is 46.5 Å². The van der Waals surface area contributed by atoms with E-state index in [2.05, 4.69) is 25.5 Å². The number of carbonyl (C=O) groups is 1. The summed E-state index contributed by atoms with van der Waals surface area (Å²) in [5.74, 6) is 2.59. The van der Waals surface area contributed by atoms with Crippen LogP contribution in [0.4, 0.5) is 8.78 Å². The summed E-state index contributed by atoms with van der Waals surface area (Å²) in [6, 6.07) is 3.28. The van der Waals surface area contributed by atoms with Crippen molar-refractivity contribution >= 4 is 18.6 Å². The fourth-order valence-electron chi connectivity index (χ4n) is 1.48. The van der Waals surface area contributed by atoms with E-state index in [9.17, 15) is 13.9 Å². The number of phenols is 1. The van der Waals surface area contributed by atoms with Crippen LogP contribution in [0.1, 0.15) is 26.3 Å². The molecule has 0 heterocycles. The highest BCUT2D eigenvalue weighted by Crippen LogP contribution is 2.39. The number of benzene rings is 1. The third-order valence-electron chi connectivity index (χ3n) is 2.54. The molecule has 1 aromatic rings. The van der Waals surface area contributed by atoms with Crippen LogP contribution in [0.15, 0.2) is 52.8 Å². The number of aromatic hydroxyl groups is 1. The van der Waals surface area contributed by atoms with Gasteiger partial charge in [-0.25, -0.2) is 8.78 Å². The zero-order chi connectivity index (χ0) is 22.0. The average molecular weight is 399 g/mol. The van der Waals surface area contributed by atoms with Crippen LogP contribution in [0.5, 0.6) is 11.5 Å². The van der Waals surface area contributed by atoms with Gasteiger partial charge in [0.05, 0.1) is 7.11 Å². The highest BCUT2D eigenvalue weighted by molar-refractivity contribution is 8.03. The van der Waals surface area contributed by atoms with Gasteiger partial charge in [0.1, 0.15) is 6.79 Å². The summed E-state index contributed by atoms with van der Waals surface area (Å²) < 4.78 is 30.5. The van der Waals surface area contributed by atoms with Crippen LogP contribution >= 0.6 is 11.8 Å². The maximum Gasteiger partial charge on any atom is 0.264 e. The first-order valence-electron chi connectivity index (χ1n) is 7.84. The first-order chi connectivity index (χ1) is 12.8. The number of halogens is 2. The second kappa shape index (κ2) is 18.3. The van der Waals surface area contributed by atoms with Gasteiger partial charge in [-0.3, -0.25) is 0 Å². The number of allylic oxidation sites excluding steroid dienone is 3. The lowest BCUT2D eigenvalue weighted by atomic mass is 10.2. The molecule has 0 fully saturated rings. The Kier molecular flexibility index (Phi) is 19.8. The van der Waals surface area contributed by atoms with E-state index in [1.165, 1.54) is 19.3 Å². The Morgan fingerprint density at radius 3 is 2.22 bits per heavy atom. The van der Waals surface area contributed by atoms with Crippen LogP contribution in [-0.4, -0.2) is 25.4 Å². The Bertz CT molecular complexity index is 648. The van der Waals surface area contributed by atoms with Gasteiger partial charge in [0.25, 0.3) is 6.43 Å². The number of methoxy groups -OCH3 is 1. The molecule has 0 aliphatic carbocycles. The average Bonchev–Trinajstić information content (AvgIpc) is 2.67. The minimum atomic E-state index is -2.63. The summed E-state index contributed by atoms with van der Waals surface area (Å²) in [6.07, 6.45) is 4.88. The van der Waals surface area contributed by atoms with E-state index < -0.39 is 6.43 Å². The minimum Gasteiger partial charge on any atom is -0.504 e. The Labute approximate surface area is 165 Å². The van der Waals surface area contributed by atoms with Crippen LogP contribution in [0.3, 0.4) is 0 Å². The fraction of sp³-hybridized carbons (Fsp3) is 0.286. The largest absolute Gasteiger partial charge is 0.504 e. The standard InChI is InChI=1S/C15H16F2O2S.C3H4.C2H6.CH2O/c1-5-6-13(10(3)15(16)17)20-11-7-9(2)14(18)12(8-11)19-4;1-3-2;2*1-2/h5-8,15,18H,1,3H2,2,4H3;1H,2H3;1-2H3;1H2/b13-6+;;;. The van der Waals surface area contributed by atoms with Crippen molar-refractivity contribution in [3.05, 3.63) is 53.5 Å². The van der Waals surface area contributed by atoms with E-state index >= 15 is 0 Å². The number of ether oxygens (including phenoxy) is 1. The highest BCUT2D eigenvalue weighted by Gasteiger charge is 2.16. The van der Waals surface area contributed by atoms with Crippen molar-refractivity contribution in [1.29, 1.82) is 0 Å². The Morgan fingerprint density at radius 1 is 1.37 bits per heavy atom. The van der Waals surface area contributed by atoms with Crippen molar-refractivity contribution in [3.63, 3.8) is 0 Å². The van der Waals surface area contributed by atoms with Gasteiger partial charge < -0.3 is 14.6 Å². The third-order valence-corrected chi connectivity index (χ3v) is 3.63. The predicted octanol–water partition coefficient (Wildman–Crippen LogP) is 6.17. The zero-order valence-corrected chi connectivity index (χ0v) is 17.3. The molecule has 0 unspecified atom stereocenters. The van der Waals surface area contributed by atoms with E-state index in [4.69, 9.17) is 9.53 Å². The molecular weight excluding hydrogens is 370 g/mol. The van der Waals surface area contributed by atoms with Crippen molar-refractivity contribution in [2.45, 2.75) is 39.0 Å². The third kappa shape index (κ3) is 11.7. The number of carbonyl (C=O) groups excluding carboxylic acids is 1. The van der Waals surface area contributed by atoms with E-state index in [-0.39, 0.29) is 11.3 Å². The van der Waals surface area contributed by atoms with Gasteiger partial charge >= 0.3 is 0 Å². The molecule has 0 radical (unpaired) electrons. The number of terminal acetylenes is 1. The molecule has 0 bridgehead atoms. The van der Waals surface area contributed by atoms with Crippen molar-refractivity contribution in [3.8, 4) is 23.8 Å². The smallest absolute Gasteiger partial charge is 0.264 e. The number of hydrogen-bond acceptors (Lipinski definition) is 4. The molecule has 0 saturated carbocycles. The quantitative estimate of drug-likeness (QED) is 0.353. The first kappa shape index (κ1) is 29.3. The summed E-state index contributed by atoms with van der Waals surface area (Å²) in [5.41, 5.74) is 0.340. The fourth-order valence-corrected chi connectivity index (χ4v) is 2.52. The first-order valence-corrected chi connectivity index (χ1v) is 8.65. The highest BCUT2D eigenvalue weighted by atomic mass is 32.2. The minimum absolute atomic E-state index is 0.0405. The van der Waals surface area contributed by atoms with Gasteiger partial charge in [-0.2, -0.15) is 0 Å². The van der Waals surface area contributed by atoms with Gasteiger partial charge in [0, 0.05) is 15.4 Å². The Hall–Kier alpha value is -2.52. The van der Waals surface area contributed by atoms with Crippen LogP contribution in [0.2, 0.25) is 0 Å². The molecule has 0 aliphatic heterocycles. The normalized spacial score (nSPS) is 9.22. The predicted molar refractivity (Wildman–Crippen MR) is 112 cm³/mol. The van der Waals surface area contributed by atoms with Gasteiger partial charge in [0.15, 0.2) is 11.5 Å². The van der Waals surface area contributed by atoms with Crippen molar-refractivity contribution in [2.24, 2.45) is 0 Å². The summed E-state index contributed by atoms with van der Waals surface area (Å²) in [5, 5.41) is 9.75. The number of alkyl halides is 2. The molecule has 3 nitrogen and oxygen atoms in total. The lowest BCUT2D eigenvalue weighted by Crippen LogP contribution is -1.97. The van der Waals surface area contributed by atoms with E-state index in [0.717, 1.165) is 11.8 Å². The van der Waals surface area contributed by atoms with Crippen LogP contribution in [-0.2, 0) is 4.79 Å². The molecule has 0 amide bonds.